The molecule has 1 heterocycles. The van der Waals surface area contributed by atoms with Crippen molar-refractivity contribution in [3.8, 4) is 0 Å². The summed E-state index contributed by atoms with van der Waals surface area (Å²) in [6.45, 7) is 8.12. The molecule has 0 aromatic heterocycles. The third-order valence-electron chi connectivity index (χ3n) is 3.53. The van der Waals surface area contributed by atoms with E-state index in [4.69, 9.17) is 4.74 Å². The van der Waals surface area contributed by atoms with Gasteiger partial charge in [0.1, 0.15) is 0 Å². The predicted octanol–water partition coefficient (Wildman–Crippen LogP) is 2.45. The van der Waals surface area contributed by atoms with Crippen LogP contribution in [0.4, 0.5) is 0 Å². The Hall–Kier alpha value is -0.570. The summed E-state index contributed by atoms with van der Waals surface area (Å²) in [6.07, 6.45) is 5.13. The van der Waals surface area contributed by atoms with Gasteiger partial charge in [0, 0.05) is 12.6 Å². The first-order valence-electron chi connectivity index (χ1n) is 6.30. The molecule has 3 heteroatoms. The summed E-state index contributed by atoms with van der Waals surface area (Å²) in [7, 11) is 1.47. The molecule has 1 saturated heterocycles. The van der Waals surface area contributed by atoms with E-state index < -0.39 is 5.41 Å². The van der Waals surface area contributed by atoms with Crippen molar-refractivity contribution in [2.24, 2.45) is 5.41 Å². The maximum Gasteiger partial charge on any atom is 0.312 e. The fourth-order valence-corrected chi connectivity index (χ4v) is 2.42. The zero-order chi connectivity index (χ0) is 12.2. The Labute approximate surface area is 99.1 Å². The van der Waals surface area contributed by atoms with Gasteiger partial charge in [-0.3, -0.25) is 9.69 Å². The van der Waals surface area contributed by atoms with E-state index in [9.17, 15) is 4.79 Å². The first-order chi connectivity index (χ1) is 7.47. The van der Waals surface area contributed by atoms with Gasteiger partial charge < -0.3 is 4.74 Å². The van der Waals surface area contributed by atoms with Crippen LogP contribution in [0, 0.1) is 5.41 Å². The minimum Gasteiger partial charge on any atom is -0.469 e. The Kier molecular flexibility index (Phi) is 4.78. The van der Waals surface area contributed by atoms with Gasteiger partial charge in [0.2, 0.25) is 0 Å². The predicted molar refractivity (Wildman–Crippen MR) is 65.3 cm³/mol. The second-order valence-corrected chi connectivity index (χ2v) is 5.54. The van der Waals surface area contributed by atoms with Crippen LogP contribution in [-0.4, -0.2) is 37.1 Å². The number of likely N-dealkylation sites (tertiary alicyclic amines) is 1. The SMILES string of the molecule is COC(=O)C(C)(C)CN1CCCCCC1C. The number of carbonyl (C=O) groups is 1. The van der Waals surface area contributed by atoms with Crippen LogP contribution in [0.15, 0.2) is 0 Å². The molecule has 0 aliphatic carbocycles. The number of esters is 1. The summed E-state index contributed by atoms with van der Waals surface area (Å²) >= 11 is 0. The Balaban J connectivity index is 2.59. The van der Waals surface area contributed by atoms with Gasteiger partial charge in [-0.2, -0.15) is 0 Å². The lowest BCUT2D eigenvalue weighted by molar-refractivity contribution is -0.152. The van der Waals surface area contributed by atoms with Crippen molar-refractivity contribution < 1.29 is 9.53 Å². The standard InChI is InChI=1S/C13H25NO2/c1-11-8-6-5-7-9-14(11)10-13(2,3)12(15)16-4/h11H,5-10H2,1-4H3. The van der Waals surface area contributed by atoms with Gasteiger partial charge in [-0.05, 0) is 40.2 Å². The van der Waals surface area contributed by atoms with Gasteiger partial charge in [0.15, 0.2) is 0 Å². The molecule has 1 fully saturated rings. The highest BCUT2D eigenvalue weighted by molar-refractivity contribution is 5.76. The number of hydrogen-bond acceptors (Lipinski definition) is 3. The summed E-state index contributed by atoms with van der Waals surface area (Å²) in [5, 5.41) is 0. The molecule has 0 aromatic rings. The fourth-order valence-electron chi connectivity index (χ4n) is 2.42. The van der Waals surface area contributed by atoms with Crippen LogP contribution < -0.4 is 0 Å². The van der Waals surface area contributed by atoms with Gasteiger partial charge in [-0.15, -0.1) is 0 Å². The highest BCUT2D eigenvalue weighted by Crippen LogP contribution is 2.24. The van der Waals surface area contributed by atoms with Crippen molar-refractivity contribution in [1.82, 2.24) is 4.90 Å². The van der Waals surface area contributed by atoms with Crippen molar-refractivity contribution in [3.05, 3.63) is 0 Å². The van der Waals surface area contributed by atoms with Crippen LogP contribution in [0.3, 0.4) is 0 Å². The second-order valence-electron chi connectivity index (χ2n) is 5.54. The highest BCUT2D eigenvalue weighted by Gasteiger charge is 2.32. The molecule has 0 spiro atoms. The summed E-state index contributed by atoms with van der Waals surface area (Å²) < 4.78 is 4.86. The normalized spacial score (nSPS) is 23.9. The molecule has 1 aliphatic rings. The average molecular weight is 227 g/mol. The lowest BCUT2D eigenvalue weighted by Gasteiger charge is -2.33. The van der Waals surface area contributed by atoms with Crippen LogP contribution in [0.5, 0.6) is 0 Å². The van der Waals surface area contributed by atoms with Crippen LogP contribution in [0.2, 0.25) is 0 Å². The minimum absolute atomic E-state index is 0.107. The molecule has 1 aliphatic heterocycles. The Morgan fingerprint density at radius 2 is 2.06 bits per heavy atom. The quantitative estimate of drug-likeness (QED) is 0.694. The molecule has 3 nitrogen and oxygen atoms in total. The van der Waals surface area contributed by atoms with Crippen molar-refractivity contribution in [2.75, 3.05) is 20.2 Å². The summed E-state index contributed by atoms with van der Waals surface area (Å²) in [5.41, 5.74) is -0.395. The number of nitrogens with zero attached hydrogens (tertiary/aromatic N) is 1. The van der Waals surface area contributed by atoms with E-state index in [1.165, 1.54) is 32.8 Å². The average Bonchev–Trinajstić information content (AvgIpc) is 2.43. The zero-order valence-corrected chi connectivity index (χ0v) is 11.1. The number of carbonyl (C=O) groups excluding carboxylic acids is 1. The van der Waals surface area contributed by atoms with Crippen molar-refractivity contribution >= 4 is 5.97 Å². The van der Waals surface area contributed by atoms with E-state index in [1.807, 2.05) is 13.8 Å². The van der Waals surface area contributed by atoms with E-state index in [2.05, 4.69) is 11.8 Å². The molecule has 0 aromatic carbocycles. The molecule has 1 unspecified atom stereocenters. The minimum atomic E-state index is -0.395. The van der Waals surface area contributed by atoms with Crippen LogP contribution in [0.1, 0.15) is 46.5 Å². The maximum absolute atomic E-state index is 11.7. The van der Waals surface area contributed by atoms with Crippen molar-refractivity contribution in [3.63, 3.8) is 0 Å². The first-order valence-corrected chi connectivity index (χ1v) is 6.30. The topological polar surface area (TPSA) is 29.5 Å². The molecule has 16 heavy (non-hydrogen) atoms. The van der Waals surface area contributed by atoms with Gasteiger partial charge >= 0.3 is 5.97 Å². The van der Waals surface area contributed by atoms with Crippen LogP contribution >= 0.6 is 0 Å². The number of methoxy groups -OCH3 is 1. The molecule has 94 valence electrons. The van der Waals surface area contributed by atoms with E-state index in [0.29, 0.717) is 6.04 Å². The van der Waals surface area contributed by atoms with E-state index >= 15 is 0 Å². The van der Waals surface area contributed by atoms with Gasteiger partial charge in [0.25, 0.3) is 0 Å². The molecule has 0 saturated carbocycles. The number of ether oxygens (including phenoxy) is 1. The Morgan fingerprint density at radius 3 is 2.69 bits per heavy atom. The number of hydrogen-bond donors (Lipinski definition) is 0. The third kappa shape index (κ3) is 3.48. The Morgan fingerprint density at radius 1 is 1.38 bits per heavy atom. The molecular formula is C13H25NO2. The second kappa shape index (κ2) is 5.67. The lowest BCUT2D eigenvalue weighted by Crippen LogP contribution is -2.43. The zero-order valence-electron chi connectivity index (χ0n) is 11.1. The molecule has 0 amide bonds. The summed E-state index contributed by atoms with van der Waals surface area (Å²) in [6, 6.07) is 0.589. The molecular weight excluding hydrogens is 202 g/mol. The molecule has 1 atom stereocenters. The van der Waals surface area contributed by atoms with Crippen molar-refractivity contribution in [2.45, 2.75) is 52.5 Å². The largest absolute Gasteiger partial charge is 0.469 e. The lowest BCUT2D eigenvalue weighted by atomic mass is 9.92. The van der Waals surface area contributed by atoms with Crippen LogP contribution in [-0.2, 0) is 9.53 Å². The van der Waals surface area contributed by atoms with E-state index in [1.54, 1.807) is 0 Å². The molecule has 1 rings (SSSR count). The van der Waals surface area contributed by atoms with Gasteiger partial charge in [0.05, 0.1) is 12.5 Å². The maximum atomic E-state index is 11.7. The first kappa shape index (κ1) is 13.5. The molecule has 0 N–H and O–H groups in total. The fraction of sp³-hybridized carbons (Fsp3) is 0.923. The summed E-state index contributed by atoms with van der Waals surface area (Å²) in [5.74, 6) is -0.107. The van der Waals surface area contributed by atoms with E-state index in [-0.39, 0.29) is 5.97 Å². The Bertz CT molecular complexity index is 238. The number of rotatable bonds is 3. The van der Waals surface area contributed by atoms with E-state index in [0.717, 1.165) is 13.1 Å². The monoisotopic (exact) mass is 227 g/mol. The smallest absolute Gasteiger partial charge is 0.312 e. The molecule has 0 bridgehead atoms. The van der Waals surface area contributed by atoms with Gasteiger partial charge in [-0.1, -0.05) is 12.8 Å². The van der Waals surface area contributed by atoms with Gasteiger partial charge in [-0.25, -0.2) is 0 Å². The molecule has 0 radical (unpaired) electrons. The van der Waals surface area contributed by atoms with Crippen LogP contribution in [0.25, 0.3) is 0 Å². The third-order valence-corrected chi connectivity index (χ3v) is 3.53. The van der Waals surface area contributed by atoms with Crippen molar-refractivity contribution in [1.29, 1.82) is 0 Å². The highest BCUT2D eigenvalue weighted by atomic mass is 16.5. The summed E-state index contributed by atoms with van der Waals surface area (Å²) in [4.78, 5) is 14.1.